The molecule has 0 bridgehead atoms. The van der Waals surface area contributed by atoms with Gasteiger partial charge in [0.15, 0.2) is 0 Å². The molecule has 0 saturated carbocycles. The van der Waals surface area contributed by atoms with Gasteiger partial charge in [-0.3, -0.25) is 0 Å². The highest BCUT2D eigenvalue weighted by Crippen LogP contribution is 2.02. The van der Waals surface area contributed by atoms with E-state index in [1.807, 2.05) is 0 Å². The van der Waals surface area contributed by atoms with Crippen LogP contribution < -0.4 is 5.43 Å². The minimum Gasteiger partial charge on any atom is -0.391 e. The Morgan fingerprint density at radius 1 is 1.64 bits per heavy atom. The van der Waals surface area contributed by atoms with Crippen molar-refractivity contribution in [3.05, 3.63) is 12.3 Å². The first-order chi connectivity index (χ1) is 5.08. The van der Waals surface area contributed by atoms with E-state index >= 15 is 0 Å². The molecular formula is C7H13N2OSi+. The maximum atomic E-state index is 5.40. The summed E-state index contributed by atoms with van der Waals surface area (Å²) in [5, 5.41) is 3.84. The van der Waals surface area contributed by atoms with Gasteiger partial charge in [0.2, 0.25) is 12.3 Å². The predicted octanol–water partition coefficient (Wildman–Crippen LogP) is 1.11. The van der Waals surface area contributed by atoms with Crippen molar-refractivity contribution < 1.29 is 4.74 Å². The van der Waals surface area contributed by atoms with Gasteiger partial charge in [-0.1, -0.05) is 19.6 Å². The maximum absolute atomic E-state index is 5.40. The lowest BCUT2D eigenvalue weighted by atomic mass is 10.6. The third-order valence-electron chi connectivity index (χ3n) is 1.08. The molecule has 0 spiro atoms. The Morgan fingerprint density at radius 3 is 2.82 bits per heavy atom. The predicted molar refractivity (Wildman–Crippen MR) is 47.7 cm³/mol. The smallest absolute Gasteiger partial charge is 0.384 e. The largest absolute Gasteiger partial charge is 0.391 e. The fourth-order valence-electron chi connectivity index (χ4n) is 0.578. The van der Waals surface area contributed by atoms with Gasteiger partial charge in [-0.2, -0.15) is 0 Å². The second kappa shape index (κ2) is 3.03. The van der Waals surface area contributed by atoms with Gasteiger partial charge in [-0.25, -0.2) is 0 Å². The second-order valence-electron chi connectivity index (χ2n) is 3.70. The molecule has 4 heteroatoms. The van der Waals surface area contributed by atoms with Crippen LogP contribution in [0.4, 0.5) is 0 Å². The number of rotatable bonds is 2. The van der Waals surface area contributed by atoms with Crippen molar-refractivity contribution >= 4 is 14.0 Å². The Balaban J connectivity index is 2.28. The summed E-state index contributed by atoms with van der Waals surface area (Å²) < 4.78 is 5.40. The Hall–Kier alpha value is -0.863. The molecule has 0 aromatic rings. The second-order valence-corrected chi connectivity index (χ2v) is 9.11. The molecular weight excluding hydrogens is 156 g/mol. The molecule has 1 heterocycles. The number of hydrazone groups is 1. The molecule has 60 valence electrons. The number of hydrogen-bond donors (Lipinski definition) is 1. The summed E-state index contributed by atoms with van der Waals surface area (Å²) >= 11 is 0. The highest BCUT2D eigenvalue weighted by molar-refractivity contribution is 6.76. The van der Waals surface area contributed by atoms with Crippen LogP contribution in [0.2, 0.25) is 19.6 Å². The van der Waals surface area contributed by atoms with Crippen LogP contribution in [0.3, 0.4) is 0 Å². The van der Waals surface area contributed by atoms with Crippen molar-refractivity contribution in [3.63, 3.8) is 0 Å². The van der Waals surface area contributed by atoms with E-state index in [1.54, 1.807) is 6.08 Å². The lowest BCUT2D eigenvalue weighted by molar-refractivity contribution is 0.368. The lowest BCUT2D eigenvalue weighted by Gasteiger charge is -2.11. The first-order valence-electron chi connectivity index (χ1n) is 3.62. The van der Waals surface area contributed by atoms with Crippen molar-refractivity contribution in [2.24, 2.45) is 5.10 Å². The number of nitrogens with one attached hydrogen (secondary N) is 1. The van der Waals surface area contributed by atoms with Crippen LogP contribution in [-0.2, 0) is 4.74 Å². The van der Waals surface area contributed by atoms with Crippen LogP contribution in [-0.4, -0.2) is 20.2 Å². The summed E-state index contributed by atoms with van der Waals surface area (Å²) in [5.74, 6) is 0.646. The fraction of sp³-hybridized carbons (Fsp3) is 0.571. The van der Waals surface area contributed by atoms with E-state index in [0.717, 1.165) is 6.23 Å². The zero-order chi connectivity index (χ0) is 8.32. The Labute approximate surface area is 68.1 Å². The van der Waals surface area contributed by atoms with E-state index in [0.29, 0.717) is 5.90 Å². The Bertz CT molecular complexity index is 193. The van der Waals surface area contributed by atoms with Crippen LogP contribution in [0.5, 0.6) is 0 Å². The molecule has 0 aromatic carbocycles. The Kier molecular flexibility index (Phi) is 2.27. The average Bonchev–Trinajstić information content (AvgIpc) is 2.32. The molecule has 3 nitrogen and oxygen atoms in total. The van der Waals surface area contributed by atoms with Gasteiger partial charge in [0.25, 0.3) is 0 Å². The number of ether oxygens (including phenoxy) is 1. The first kappa shape index (κ1) is 8.24. The summed E-state index contributed by atoms with van der Waals surface area (Å²) in [5.41, 5.74) is 2.58. The minimum atomic E-state index is -1.10. The van der Waals surface area contributed by atoms with Crippen molar-refractivity contribution in [1.29, 1.82) is 0 Å². The highest BCUT2D eigenvalue weighted by Gasteiger charge is 2.20. The quantitative estimate of drug-likeness (QED) is 0.496. The molecule has 0 unspecified atom stereocenters. The maximum Gasteiger partial charge on any atom is 0.384 e. The molecule has 0 amide bonds. The Morgan fingerprint density at radius 2 is 2.36 bits per heavy atom. The van der Waals surface area contributed by atoms with E-state index in [-0.39, 0.29) is 0 Å². The van der Waals surface area contributed by atoms with Crippen molar-refractivity contribution in [3.8, 4) is 0 Å². The summed E-state index contributed by atoms with van der Waals surface area (Å²) in [7, 11) is -1.10. The van der Waals surface area contributed by atoms with Gasteiger partial charge in [0.1, 0.15) is 6.23 Å². The zero-order valence-corrected chi connectivity index (χ0v) is 8.14. The van der Waals surface area contributed by atoms with E-state index in [2.05, 4.69) is 36.4 Å². The van der Waals surface area contributed by atoms with Crippen LogP contribution >= 0.6 is 0 Å². The average molecular weight is 169 g/mol. The van der Waals surface area contributed by atoms with Gasteiger partial charge < -0.3 is 4.74 Å². The molecule has 0 fully saturated rings. The van der Waals surface area contributed by atoms with E-state index < -0.39 is 8.07 Å². The lowest BCUT2D eigenvalue weighted by Crippen LogP contribution is -2.29. The summed E-state index contributed by atoms with van der Waals surface area (Å²) in [6.45, 7) is 6.76. The van der Waals surface area contributed by atoms with Crippen molar-refractivity contribution in [2.75, 3.05) is 6.23 Å². The molecule has 1 aliphatic rings. The molecule has 0 aromatic heterocycles. The van der Waals surface area contributed by atoms with E-state index in [9.17, 15) is 0 Å². The van der Waals surface area contributed by atoms with Crippen LogP contribution in [0.1, 0.15) is 0 Å². The number of nitrogens with zero attached hydrogens (tertiary/aromatic N) is 1. The zero-order valence-electron chi connectivity index (χ0n) is 7.14. The molecule has 1 N–H and O–H groups in total. The monoisotopic (exact) mass is 169 g/mol. The third-order valence-corrected chi connectivity index (χ3v) is 2.09. The summed E-state index contributed by atoms with van der Waals surface area (Å²) in [6, 6.07) is 0. The molecule has 0 radical (unpaired) electrons. The summed E-state index contributed by atoms with van der Waals surface area (Å²) in [6.07, 6.45) is 5.24. The standard InChI is InChI=1S/C7H13N2OSi/c1-11(2,3)6-10-7-4-5-8-9-7/h4H,6H2,1-3H3,(H,8,9)/q+1. The van der Waals surface area contributed by atoms with Crippen LogP contribution in [0, 0.1) is 6.20 Å². The molecule has 1 rings (SSSR count). The number of hydrogen-bond acceptors (Lipinski definition) is 3. The first-order valence-corrected chi connectivity index (χ1v) is 7.33. The molecule has 0 atom stereocenters. The normalized spacial score (nSPS) is 15.4. The minimum absolute atomic E-state index is 0.646. The van der Waals surface area contributed by atoms with Crippen LogP contribution in [0.25, 0.3) is 0 Å². The van der Waals surface area contributed by atoms with Crippen LogP contribution in [0.15, 0.2) is 11.2 Å². The van der Waals surface area contributed by atoms with Gasteiger partial charge >= 0.3 is 5.90 Å². The van der Waals surface area contributed by atoms with Crippen molar-refractivity contribution in [2.45, 2.75) is 19.6 Å². The van der Waals surface area contributed by atoms with Gasteiger partial charge in [0.05, 0.1) is 8.07 Å². The van der Waals surface area contributed by atoms with Gasteiger partial charge in [-0.15, -0.1) is 5.43 Å². The molecule has 0 aliphatic carbocycles. The molecule has 0 saturated heterocycles. The van der Waals surface area contributed by atoms with E-state index in [4.69, 9.17) is 4.74 Å². The van der Waals surface area contributed by atoms with Gasteiger partial charge in [0, 0.05) is 0 Å². The van der Waals surface area contributed by atoms with Gasteiger partial charge in [-0.05, 0) is 5.10 Å². The van der Waals surface area contributed by atoms with Crippen molar-refractivity contribution in [1.82, 2.24) is 5.43 Å². The third kappa shape index (κ3) is 3.16. The highest BCUT2D eigenvalue weighted by atomic mass is 28.3. The summed E-state index contributed by atoms with van der Waals surface area (Å²) in [4.78, 5) is 0. The molecule has 11 heavy (non-hydrogen) atoms. The SMILES string of the molecule is C[Si](C)(C)COC1=NN[C+]=C1. The molecule has 1 aliphatic heterocycles. The topological polar surface area (TPSA) is 33.6 Å². The fourth-order valence-corrected chi connectivity index (χ4v) is 1.16. The van der Waals surface area contributed by atoms with E-state index in [1.165, 1.54) is 0 Å².